The summed E-state index contributed by atoms with van der Waals surface area (Å²) in [6.45, 7) is 0.451. The molecule has 1 heterocycles. The Kier molecular flexibility index (Phi) is 6.67. The number of methoxy groups -OCH3 is 2. The van der Waals surface area contributed by atoms with Crippen LogP contribution in [0, 0.1) is 0 Å². The summed E-state index contributed by atoms with van der Waals surface area (Å²) < 4.78 is 10.5. The number of carbonyl (C=O) groups is 1. The van der Waals surface area contributed by atoms with Crippen molar-refractivity contribution in [3.63, 3.8) is 0 Å². The molecule has 4 rings (SSSR count). The standard InChI is InChI=1S/C25H23N3O4S/c1-31-20-12-17(13-21(32-2)23(20)29)14-22-24(30)28(19-6-4-3-5-7-19)25(33-22)27-18-10-8-16(15-26)9-11-18/h3-14,29H,15,26H2,1-2H3. The third kappa shape index (κ3) is 4.72. The van der Waals surface area contributed by atoms with Crippen LogP contribution in [0.15, 0.2) is 76.6 Å². The summed E-state index contributed by atoms with van der Waals surface area (Å²) in [6, 6.07) is 20.2. The highest BCUT2D eigenvalue weighted by Gasteiger charge is 2.34. The molecule has 33 heavy (non-hydrogen) atoms. The van der Waals surface area contributed by atoms with E-state index in [4.69, 9.17) is 20.2 Å². The summed E-state index contributed by atoms with van der Waals surface area (Å²) in [5.74, 6) is 0.215. The lowest BCUT2D eigenvalue weighted by atomic mass is 10.1. The van der Waals surface area contributed by atoms with Gasteiger partial charge in [0, 0.05) is 6.54 Å². The second-order valence-corrected chi connectivity index (χ2v) is 8.13. The number of amides is 1. The number of anilines is 1. The van der Waals surface area contributed by atoms with Crippen molar-refractivity contribution in [2.24, 2.45) is 10.7 Å². The lowest BCUT2D eigenvalue weighted by molar-refractivity contribution is -0.113. The number of para-hydroxylation sites is 1. The molecule has 3 aromatic rings. The van der Waals surface area contributed by atoms with Gasteiger partial charge in [0.2, 0.25) is 5.75 Å². The third-order valence-corrected chi connectivity index (χ3v) is 5.99. The van der Waals surface area contributed by atoms with Crippen molar-refractivity contribution < 1.29 is 19.4 Å². The number of hydrogen-bond donors (Lipinski definition) is 2. The summed E-state index contributed by atoms with van der Waals surface area (Å²) in [4.78, 5) is 20.2. The Morgan fingerprint density at radius 3 is 2.24 bits per heavy atom. The Balaban J connectivity index is 1.77. The quantitative estimate of drug-likeness (QED) is 0.518. The molecule has 3 aromatic carbocycles. The van der Waals surface area contributed by atoms with E-state index in [2.05, 4.69) is 0 Å². The first-order chi connectivity index (χ1) is 16.0. The third-order valence-electron chi connectivity index (χ3n) is 5.02. The van der Waals surface area contributed by atoms with Crippen LogP contribution in [0.25, 0.3) is 6.08 Å². The minimum absolute atomic E-state index is 0.0957. The summed E-state index contributed by atoms with van der Waals surface area (Å²) >= 11 is 1.27. The number of aromatic hydroxyl groups is 1. The van der Waals surface area contributed by atoms with Crippen molar-refractivity contribution in [1.82, 2.24) is 0 Å². The number of aliphatic imine (C=N–C) groups is 1. The summed E-state index contributed by atoms with van der Waals surface area (Å²) in [7, 11) is 2.91. The van der Waals surface area contributed by atoms with Crippen LogP contribution >= 0.6 is 11.8 Å². The molecule has 7 nitrogen and oxygen atoms in total. The lowest BCUT2D eigenvalue weighted by Crippen LogP contribution is -2.28. The molecule has 0 radical (unpaired) electrons. The Morgan fingerprint density at radius 2 is 1.67 bits per heavy atom. The summed E-state index contributed by atoms with van der Waals surface area (Å²) in [5, 5.41) is 10.7. The lowest BCUT2D eigenvalue weighted by Gasteiger charge is -2.15. The van der Waals surface area contributed by atoms with E-state index in [0.717, 1.165) is 16.9 Å². The van der Waals surface area contributed by atoms with Crippen LogP contribution < -0.4 is 20.1 Å². The number of ether oxygens (including phenoxy) is 2. The molecule has 1 aliphatic heterocycles. The van der Waals surface area contributed by atoms with Gasteiger partial charge in [0.15, 0.2) is 16.7 Å². The van der Waals surface area contributed by atoms with Gasteiger partial charge in [-0.2, -0.15) is 0 Å². The molecule has 3 N–H and O–H groups in total. The van der Waals surface area contributed by atoms with E-state index >= 15 is 0 Å². The fourth-order valence-corrected chi connectivity index (χ4v) is 4.32. The van der Waals surface area contributed by atoms with Gasteiger partial charge in [-0.1, -0.05) is 30.3 Å². The van der Waals surface area contributed by atoms with E-state index in [1.807, 2.05) is 54.6 Å². The van der Waals surface area contributed by atoms with Crippen LogP contribution in [0.1, 0.15) is 11.1 Å². The van der Waals surface area contributed by atoms with Crippen LogP contribution in [0.4, 0.5) is 11.4 Å². The summed E-state index contributed by atoms with van der Waals surface area (Å²) in [6.07, 6.45) is 1.73. The van der Waals surface area contributed by atoms with Crippen LogP contribution in [-0.4, -0.2) is 30.4 Å². The number of nitrogens with two attached hydrogens (primary N) is 1. The number of nitrogens with zero attached hydrogens (tertiary/aromatic N) is 2. The van der Waals surface area contributed by atoms with Crippen LogP contribution in [-0.2, 0) is 11.3 Å². The van der Waals surface area contributed by atoms with Crippen LogP contribution in [0.2, 0.25) is 0 Å². The van der Waals surface area contributed by atoms with Gasteiger partial charge in [-0.25, -0.2) is 4.99 Å². The molecule has 8 heteroatoms. The van der Waals surface area contributed by atoms with Crippen molar-refractivity contribution >= 4 is 40.3 Å². The minimum Gasteiger partial charge on any atom is -0.502 e. The van der Waals surface area contributed by atoms with Gasteiger partial charge >= 0.3 is 0 Å². The van der Waals surface area contributed by atoms with E-state index < -0.39 is 0 Å². The van der Waals surface area contributed by atoms with Crippen molar-refractivity contribution in [3.05, 3.63) is 82.8 Å². The van der Waals surface area contributed by atoms with Gasteiger partial charge in [0.1, 0.15) is 0 Å². The zero-order valence-corrected chi connectivity index (χ0v) is 19.0. The Hall–Kier alpha value is -3.75. The molecule has 168 valence electrons. The van der Waals surface area contributed by atoms with Gasteiger partial charge < -0.3 is 20.3 Å². The summed E-state index contributed by atoms with van der Waals surface area (Å²) in [5.41, 5.74) is 8.78. The molecule has 0 saturated carbocycles. The average Bonchev–Trinajstić information content (AvgIpc) is 3.15. The van der Waals surface area contributed by atoms with Crippen molar-refractivity contribution in [2.75, 3.05) is 19.1 Å². The molecule has 1 amide bonds. The molecule has 1 aliphatic rings. The molecule has 0 spiro atoms. The molecular formula is C25H23N3O4S. The van der Waals surface area contributed by atoms with Gasteiger partial charge in [-0.15, -0.1) is 0 Å². The molecular weight excluding hydrogens is 438 g/mol. The molecule has 0 aliphatic carbocycles. The van der Waals surface area contributed by atoms with Crippen LogP contribution in [0.5, 0.6) is 17.2 Å². The number of benzene rings is 3. The van der Waals surface area contributed by atoms with E-state index in [9.17, 15) is 9.90 Å². The van der Waals surface area contributed by atoms with Crippen molar-refractivity contribution in [1.29, 1.82) is 0 Å². The molecule has 0 aromatic heterocycles. The predicted molar refractivity (Wildman–Crippen MR) is 132 cm³/mol. The zero-order chi connectivity index (χ0) is 23.4. The number of amidine groups is 1. The number of hydrogen-bond acceptors (Lipinski definition) is 7. The molecule has 0 atom stereocenters. The van der Waals surface area contributed by atoms with E-state index in [1.54, 1.807) is 23.1 Å². The molecule has 1 fully saturated rings. The average molecular weight is 462 g/mol. The second-order valence-electron chi connectivity index (χ2n) is 7.13. The van der Waals surface area contributed by atoms with Gasteiger partial charge in [-0.3, -0.25) is 9.69 Å². The van der Waals surface area contributed by atoms with Crippen LogP contribution in [0.3, 0.4) is 0 Å². The van der Waals surface area contributed by atoms with Crippen molar-refractivity contribution in [2.45, 2.75) is 6.54 Å². The maximum atomic E-state index is 13.4. The van der Waals surface area contributed by atoms with Gasteiger partial charge in [-0.05, 0) is 65.4 Å². The first kappa shape index (κ1) is 22.4. The topological polar surface area (TPSA) is 97.4 Å². The van der Waals surface area contributed by atoms with E-state index in [1.165, 1.54) is 26.0 Å². The maximum absolute atomic E-state index is 13.4. The Morgan fingerprint density at radius 1 is 1.03 bits per heavy atom. The fraction of sp³-hybridized carbons (Fsp3) is 0.120. The largest absolute Gasteiger partial charge is 0.502 e. The minimum atomic E-state index is -0.200. The number of thioether (sulfide) groups is 1. The first-order valence-electron chi connectivity index (χ1n) is 10.2. The van der Waals surface area contributed by atoms with Gasteiger partial charge in [0.05, 0.1) is 30.5 Å². The SMILES string of the molecule is COc1cc(C=C2SC(=Nc3ccc(CN)cc3)N(c3ccccc3)C2=O)cc(OC)c1O. The smallest absolute Gasteiger partial charge is 0.271 e. The number of phenolic OH excluding ortho intramolecular Hbond substituents is 1. The van der Waals surface area contributed by atoms with Gasteiger partial charge in [0.25, 0.3) is 5.91 Å². The predicted octanol–water partition coefficient (Wildman–Crippen LogP) is 4.68. The van der Waals surface area contributed by atoms with E-state index in [-0.39, 0.29) is 23.2 Å². The normalized spacial score (nSPS) is 16.0. The molecule has 1 saturated heterocycles. The highest BCUT2D eigenvalue weighted by atomic mass is 32.2. The first-order valence-corrected chi connectivity index (χ1v) is 11.0. The number of phenols is 1. The van der Waals surface area contributed by atoms with E-state index in [0.29, 0.717) is 22.2 Å². The maximum Gasteiger partial charge on any atom is 0.271 e. The van der Waals surface area contributed by atoms with Crippen molar-refractivity contribution in [3.8, 4) is 17.2 Å². The Bertz CT molecular complexity index is 1200. The molecule has 0 unspecified atom stereocenters. The highest BCUT2D eigenvalue weighted by Crippen LogP contribution is 2.41. The highest BCUT2D eigenvalue weighted by molar-refractivity contribution is 8.19. The monoisotopic (exact) mass is 461 g/mol. The second kappa shape index (κ2) is 9.81. The Labute approximate surface area is 196 Å². The molecule has 0 bridgehead atoms. The zero-order valence-electron chi connectivity index (χ0n) is 18.2. The number of carbonyl (C=O) groups excluding carboxylic acids is 1. The number of rotatable bonds is 6. The fourth-order valence-electron chi connectivity index (χ4n) is 3.32.